The normalized spacial score (nSPS) is 11.0. The number of nitrogens with zero attached hydrogens (tertiary/aromatic N) is 1. The number of rotatable bonds is 6. The maximum absolute atomic E-state index is 13.3. The zero-order valence-electron chi connectivity index (χ0n) is 15.0. The number of esters is 1. The van der Waals surface area contributed by atoms with Crippen LogP contribution in [0.5, 0.6) is 0 Å². The van der Waals surface area contributed by atoms with Crippen LogP contribution in [0.1, 0.15) is 10.4 Å². The highest BCUT2D eigenvalue weighted by Gasteiger charge is 2.17. The van der Waals surface area contributed by atoms with Crippen molar-refractivity contribution in [3.63, 3.8) is 0 Å². The molecular weight excluding hydrogens is 404 g/mol. The van der Waals surface area contributed by atoms with Gasteiger partial charge in [-0.15, -0.1) is 0 Å². The summed E-state index contributed by atoms with van der Waals surface area (Å²) in [6.45, 7) is 0. The standard InChI is InChI=1S/C19H15F2N3O4S/c1-28-19(25)15-3-2-10-22-18(15)23-12-4-6-13(7-5-12)24-29(26,27)14-8-9-16(20)17(21)11-14/h2-11,24H,1H3,(H,22,23). The molecule has 1 heterocycles. The molecule has 10 heteroatoms. The van der Waals surface area contributed by atoms with E-state index in [2.05, 4.69) is 15.0 Å². The quantitative estimate of drug-likeness (QED) is 0.592. The monoisotopic (exact) mass is 419 g/mol. The van der Waals surface area contributed by atoms with Crippen molar-refractivity contribution in [2.45, 2.75) is 4.90 Å². The van der Waals surface area contributed by atoms with Gasteiger partial charge in [0.25, 0.3) is 10.0 Å². The van der Waals surface area contributed by atoms with E-state index in [0.29, 0.717) is 11.8 Å². The fourth-order valence-corrected chi connectivity index (χ4v) is 3.47. The van der Waals surface area contributed by atoms with Crippen molar-refractivity contribution >= 4 is 33.2 Å². The summed E-state index contributed by atoms with van der Waals surface area (Å²) in [5.74, 6) is -2.68. The minimum absolute atomic E-state index is 0.203. The van der Waals surface area contributed by atoms with Crippen molar-refractivity contribution in [1.29, 1.82) is 0 Å². The predicted molar refractivity (Wildman–Crippen MR) is 102 cm³/mol. The highest BCUT2D eigenvalue weighted by Crippen LogP contribution is 2.23. The number of hydrogen-bond donors (Lipinski definition) is 2. The van der Waals surface area contributed by atoms with Crippen LogP contribution in [-0.2, 0) is 14.8 Å². The first-order valence-electron chi connectivity index (χ1n) is 8.18. The molecule has 0 spiro atoms. The number of halogens is 2. The molecule has 0 saturated heterocycles. The van der Waals surface area contributed by atoms with Gasteiger partial charge < -0.3 is 10.1 Å². The number of sulfonamides is 1. The summed E-state index contributed by atoms with van der Waals surface area (Å²) >= 11 is 0. The zero-order valence-corrected chi connectivity index (χ0v) is 15.8. The van der Waals surface area contributed by atoms with Gasteiger partial charge in [0, 0.05) is 17.6 Å². The van der Waals surface area contributed by atoms with Crippen molar-refractivity contribution in [2.75, 3.05) is 17.1 Å². The van der Waals surface area contributed by atoms with E-state index < -0.39 is 32.5 Å². The number of carbonyl (C=O) groups is 1. The van der Waals surface area contributed by atoms with Crippen LogP contribution in [-0.4, -0.2) is 26.5 Å². The van der Waals surface area contributed by atoms with E-state index >= 15 is 0 Å². The van der Waals surface area contributed by atoms with Crippen LogP contribution in [0, 0.1) is 11.6 Å². The second-order valence-electron chi connectivity index (χ2n) is 5.77. The van der Waals surface area contributed by atoms with Crippen molar-refractivity contribution in [1.82, 2.24) is 4.98 Å². The third-order valence-corrected chi connectivity index (χ3v) is 5.19. The first-order chi connectivity index (χ1) is 13.8. The average molecular weight is 419 g/mol. The maximum atomic E-state index is 13.3. The van der Waals surface area contributed by atoms with Crippen molar-refractivity contribution < 1.29 is 26.7 Å². The van der Waals surface area contributed by atoms with Crippen LogP contribution < -0.4 is 10.0 Å². The highest BCUT2D eigenvalue weighted by molar-refractivity contribution is 7.92. The van der Waals surface area contributed by atoms with Crippen LogP contribution in [0.4, 0.5) is 26.0 Å². The Hall–Kier alpha value is -3.53. The van der Waals surface area contributed by atoms with Crippen LogP contribution in [0.25, 0.3) is 0 Å². The molecule has 3 rings (SSSR count). The molecule has 3 aromatic rings. The summed E-state index contributed by atoms with van der Waals surface area (Å²) in [6, 6.07) is 11.5. The fourth-order valence-electron chi connectivity index (χ4n) is 2.40. The minimum Gasteiger partial charge on any atom is -0.465 e. The van der Waals surface area contributed by atoms with Gasteiger partial charge in [-0.25, -0.2) is 27.0 Å². The number of anilines is 3. The molecule has 0 aliphatic heterocycles. The largest absolute Gasteiger partial charge is 0.465 e. The molecule has 0 fully saturated rings. The molecule has 0 atom stereocenters. The molecular formula is C19H15F2N3O4S. The molecule has 0 aliphatic rings. The Morgan fingerprint density at radius 2 is 1.69 bits per heavy atom. The van der Waals surface area contributed by atoms with Gasteiger partial charge in [-0.2, -0.15) is 0 Å². The zero-order chi connectivity index (χ0) is 21.0. The van der Waals surface area contributed by atoms with Gasteiger partial charge in [0.2, 0.25) is 0 Å². The Kier molecular flexibility index (Phi) is 5.74. The highest BCUT2D eigenvalue weighted by atomic mass is 32.2. The number of pyridine rings is 1. The SMILES string of the molecule is COC(=O)c1cccnc1Nc1ccc(NS(=O)(=O)c2ccc(F)c(F)c2)cc1. The summed E-state index contributed by atoms with van der Waals surface area (Å²) in [6.07, 6.45) is 1.50. The Morgan fingerprint density at radius 1 is 1.00 bits per heavy atom. The van der Waals surface area contributed by atoms with Crippen LogP contribution in [0.15, 0.2) is 65.7 Å². The molecule has 1 aromatic heterocycles. The number of aromatic nitrogens is 1. The lowest BCUT2D eigenvalue weighted by Crippen LogP contribution is -2.13. The average Bonchev–Trinajstić information content (AvgIpc) is 2.71. The lowest BCUT2D eigenvalue weighted by atomic mass is 10.2. The number of carbonyl (C=O) groups excluding carboxylic acids is 1. The van der Waals surface area contributed by atoms with Crippen LogP contribution in [0.3, 0.4) is 0 Å². The first kappa shape index (κ1) is 20.2. The number of hydrogen-bond acceptors (Lipinski definition) is 6. The van der Waals surface area contributed by atoms with E-state index in [1.165, 1.54) is 25.4 Å². The lowest BCUT2D eigenvalue weighted by molar-refractivity contribution is 0.0601. The summed E-state index contributed by atoms with van der Waals surface area (Å²) < 4.78 is 57.9. The topological polar surface area (TPSA) is 97.4 Å². The number of benzene rings is 2. The maximum Gasteiger partial charge on any atom is 0.341 e. The van der Waals surface area contributed by atoms with Gasteiger partial charge >= 0.3 is 5.97 Å². The fraction of sp³-hybridized carbons (Fsp3) is 0.0526. The van der Waals surface area contributed by atoms with E-state index in [9.17, 15) is 22.0 Å². The molecule has 0 bridgehead atoms. The van der Waals surface area contributed by atoms with Crippen LogP contribution in [0.2, 0.25) is 0 Å². The van der Waals surface area contributed by atoms with Gasteiger partial charge in [0.05, 0.1) is 12.0 Å². The number of ether oxygens (including phenoxy) is 1. The van der Waals surface area contributed by atoms with E-state index in [1.54, 1.807) is 24.3 Å². The Morgan fingerprint density at radius 3 is 2.34 bits per heavy atom. The molecule has 0 aliphatic carbocycles. The second kappa shape index (κ2) is 8.23. The van der Waals surface area contributed by atoms with Gasteiger partial charge in [0.1, 0.15) is 11.4 Å². The molecule has 0 unspecified atom stereocenters. The second-order valence-corrected chi connectivity index (χ2v) is 7.46. The minimum atomic E-state index is -4.10. The Balaban J connectivity index is 1.77. The first-order valence-corrected chi connectivity index (χ1v) is 9.67. The van der Waals surface area contributed by atoms with Crippen LogP contribution >= 0.6 is 0 Å². The molecule has 2 N–H and O–H groups in total. The third kappa shape index (κ3) is 4.66. The third-order valence-electron chi connectivity index (χ3n) is 3.81. The summed E-state index contributed by atoms with van der Waals surface area (Å²) in [4.78, 5) is 15.5. The molecule has 2 aromatic carbocycles. The summed E-state index contributed by atoms with van der Waals surface area (Å²) in [5, 5.41) is 2.94. The molecule has 0 amide bonds. The van der Waals surface area contributed by atoms with E-state index in [0.717, 1.165) is 12.1 Å². The molecule has 0 saturated carbocycles. The van der Waals surface area contributed by atoms with Crippen molar-refractivity contribution in [3.8, 4) is 0 Å². The van der Waals surface area contributed by atoms with E-state index in [-0.39, 0.29) is 17.1 Å². The smallest absolute Gasteiger partial charge is 0.341 e. The van der Waals surface area contributed by atoms with Crippen molar-refractivity contribution in [2.24, 2.45) is 0 Å². The molecule has 7 nitrogen and oxygen atoms in total. The van der Waals surface area contributed by atoms with Crippen molar-refractivity contribution in [3.05, 3.63) is 78.0 Å². The summed E-state index contributed by atoms with van der Waals surface area (Å²) in [7, 11) is -2.84. The molecule has 150 valence electrons. The van der Waals surface area contributed by atoms with Gasteiger partial charge in [-0.1, -0.05) is 0 Å². The van der Waals surface area contributed by atoms with E-state index in [4.69, 9.17) is 4.74 Å². The Bertz CT molecular complexity index is 1150. The van der Waals surface area contributed by atoms with E-state index in [1.807, 2.05) is 0 Å². The van der Waals surface area contributed by atoms with Gasteiger partial charge in [0.15, 0.2) is 11.6 Å². The number of methoxy groups -OCH3 is 1. The summed E-state index contributed by atoms with van der Waals surface area (Å²) in [5.41, 5.74) is 0.970. The molecule has 0 radical (unpaired) electrons. The van der Waals surface area contributed by atoms with Gasteiger partial charge in [-0.05, 0) is 54.6 Å². The van der Waals surface area contributed by atoms with Gasteiger partial charge in [-0.3, -0.25) is 4.72 Å². The molecule has 29 heavy (non-hydrogen) atoms. The Labute approximate surface area is 165 Å². The number of nitrogens with one attached hydrogen (secondary N) is 2. The predicted octanol–water partition coefficient (Wildman–Crippen LogP) is 3.69. The lowest BCUT2D eigenvalue weighted by Gasteiger charge is -2.11.